The standard InChI is InChI=1S/C26H23N3O9S2/c1-15-20(12-16-4-6-17(7-5-16)28(2)3)25(31)29(27-15)22-14-19(40(36,37)38)9-11-24(22)39(34,35)18-8-10-23(30)21(13-18)26(32)33/h4-14,30H,1-3H3,(H,32,33)(H,36,37,38)/p-1/b20-12-. The quantitative estimate of drug-likeness (QED) is 0.309. The molecular weight excluding hydrogens is 562 g/mol. The first-order valence-corrected chi connectivity index (χ1v) is 14.3. The van der Waals surface area contributed by atoms with Gasteiger partial charge in [-0.15, -0.1) is 0 Å². The van der Waals surface area contributed by atoms with E-state index in [0.29, 0.717) is 10.6 Å². The van der Waals surface area contributed by atoms with Gasteiger partial charge in [-0.3, -0.25) is 4.79 Å². The predicted molar refractivity (Wildman–Crippen MR) is 144 cm³/mol. The van der Waals surface area contributed by atoms with E-state index in [4.69, 9.17) is 0 Å². The number of aromatic carboxylic acids is 1. The average Bonchev–Trinajstić information content (AvgIpc) is 3.16. The molecule has 0 aromatic heterocycles. The number of hydrazone groups is 1. The summed E-state index contributed by atoms with van der Waals surface area (Å²) in [5.41, 5.74) is 0.611. The number of anilines is 2. The molecule has 3 aromatic rings. The second-order valence-corrected chi connectivity index (χ2v) is 12.2. The number of rotatable bonds is 7. The highest BCUT2D eigenvalue weighted by Gasteiger charge is 2.34. The van der Waals surface area contributed by atoms with Gasteiger partial charge in [0, 0.05) is 19.8 Å². The zero-order chi connectivity index (χ0) is 29.6. The summed E-state index contributed by atoms with van der Waals surface area (Å²) >= 11 is 0. The molecule has 0 saturated carbocycles. The first-order valence-electron chi connectivity index (χ1n) is 11.4. The minimum atomic E-state index is -5.07. The van der Waals surface area contributed by atoms with Gasteiger partial charge in [0.15, 0.2) is 0 Å². The Morgan fingerprint density at radius 1 is 0.975 bits per heavy atom. The Labute approximate surface area is 229 Å². The minimum Gasteiger partial charge on any atom is -0.744 e. The molecule has 2 N–H and O–H groups in total. The van der Waals surface area contributed by atoms with Crippen LogP contribution in [0.1, 0.15) is 22.8 Å². The molecule has 1 aliphatic heterocycles. The Bertz CT molecular complexity index is 1830. The minimum absolute atomic E-state index is 0.0918. The maximum atomic E-state index is 13.6. The molecule has 1 heterocycles. The lowest BCUT2D eigenvalue weighted by molar-refractivity contribution is -0.114. The number of aromatic hydroxyl groups is 1. The SMILES string of the molecule is CC1=NN(c2cc(S(=O)(=O)[O-])ccc2S(=O)(=O)c2ccc(O)c(C(=O)O)c2)C(=O)/C1=C\c1ccc(N(C)C)cc1. The first kappa shape index (κ1) is 28.5. The maximum Gasteiger partial charge on any atom is 0.339 e. The van der Waals surface area contributed by atoms with E-state index in [9.17, 15) is 41.2 Å². The lowest BCUT2D eigenvalue weighted by Gasteiger charge is -2.19. The Morgan fingerprint density at radius 3 is 2.17 bits per heavy atom. The molecule has 12 nitrogen and oxygen atoms in total. The summed E-state index contributed by atoms with van der Waals surface area (Å²) in [6.45, 7) is 1.50. The molecule has 1 amide bonds. The third-order valence-electron chi connectivity index (χ3n) is 6.03. The number of carbonyl (C=O) groups excluding carboxylic acids is 1. The van der Waals surface area contributed by atoms with E-state index in [-0.39, 0.29) is 11.3 Å². The Hall–Kier alpha value is -4.53. The number of carbonyl (C=O) groups is 2. The van der Waals surface area contributed by atoms with Crippen LogP contribution < -0.4 is 9.91 Å². The summed E-state index contributed by atoms with van der Waals surface area (Å²) in [6, 6.07) is 12.0. The van der Waals surface area contributed by atoms with Crippen molar-refractivity contribution in [3.05, 3.63) is 77.4 Å². The maximum absolute atomic E-state index is 13.6. The second-order valence-electron chi connectivity index (χ2n) is 8.92. The summed E-state index contributed by atoms with van der Waals surface area (Å²) in [7, 11) is -5.97. The van der Waals surface area contributed by atoms with Crippen molar-refractivity contribution in [3.63, 3.8) is 0 Å². The van der Waals surface area contributed by atoms with E-state index in [1.54, 1.807) is 12.1 Å². The Balaban J connectivity index is 1.86. The molecule has 0 spiro atoms. The smallest absolute Gasteiger partial charge is 0.339 e. The van der Waals surface area contributed by atoms with Crippen LogP contribution in [0.2, 0.25) is 0 Å². The van der Waals surface area contributed by atoms with Crippen LogP contribution in [0.5, 0.6) is 5.75 Å². The number of carboxylic acid groups (broad SMARTS) is 1. The van der Waals surface area contributed by atoms with Crippen LogP contribution >= 0.6 is 0 Å². The largest absolute Gasteiger partial charge is 0.744 e. The predicted octanol–water partition coefficient (Wildman–Crippen LogP) is 2.70. The number of sulfone groups is 1. The topological polar surface area (TPSA) is 185 Å². The van der Waals surface area contributed by atoms with Crippen molar-refractivity contribution in [1.82, 2.24) is 0 Å². The molecular formula is C26H22N3O9S2-. The van der Waals surface area contributed by atoms with Gasteiger partial charge in [0.1, 0.15) is 21.4 Å². The van der Waals surface area contributed by atoms with Crippen molar-refractivity contribution in [2.45, 2.75) is 21.6 Å². The monoisotopic (exact) mass is 584 g/mol. The van der Waals surface area contributed by atoms with Crippen molar-refractivity contribution in [1.29, 1.82) is 0 Å². The fraction of sp³-hybridized carbons (Fsp3) is 0.115. The number of hydrogen-bond acceptors (Lipinski definition) is 10. The van der Waals surface area contributed by atoms with Crippen molar-refractivity contribution >= 4 is 55.0 Å². The summed E-state index contributed by atoms with van der Waals surface area (Å²) in [4.78, 5) is 24.8. The third kappa shape index (κ3) is 5.32. The molecule has 3 aromatic carbocycles. The first-order chi connectivity index (χ1) is 18.6. The molecule has 0 aliphatic carbocycles. The molecule has 0 unspecified atom stereocenters. The number of amides is 1. The van der Waals surface area contributed by atoms with E-state index < -0.39 is 63.5 Å². The third-order valence-corrected chi connectivity index (χ3v) is 8.66. The lowest BCUT2D eigenvalue weighted by Crippen LogP contribution is -2.24. The zero-order valence-electron chi connectivity index (χ0n) is 21.3. The van der Waals surface area contributed by atoms with Gasteiger partial charge in [0.25, 0.3) is 5.91 Å². The Morgan fingerprint density at radius 2 is 1.60 bits per heavy atom. The molecule has 40 heavy (non-hydrogen) atoms. The van der Waals surface area contributed by atoms with E-state index in [1.165, 1.54) is 13.0 Å². The molecule has 0 bridgehead atoms. The van der Waals surface area contributed by atoms with Gasteiger partial charge >= 0.3 is 5.97 Å². The summed E-state index contributed by atoms with van der Waals surface area (Å²) in [6.07, 6.45) is 1.53. The van der Waals surface area contributed by atoms with E-state index in [1.807, 2.05) is 31.1 Å². The van der Waals surface area contributed by atoms with Crippen molar-refractivity contribution in [3.8, 4) is 5.75 Å². The zero-order valence-corrected chi connectivity index (χ0v) is 22.9. The van der Waals surface area contributed by atoms with Crippen LogP contribution in [0, 0.1) is 0 Å². The Kier molecular flexibility index (Phi) is 7.28. The highest BCUT2D eigenvalue weighted by atomic mass is 32.2. The number of benzene rings is 3. The van der Waals surface area contributed by atoms with Gasteiger partial charge in [-0.25, -0.2) is 21.6 Å². The molecule has 1 aliphatic rings. The van der Waals surface area contributed by atoms with Gasteiger partial charge in [-0.1, -0.05) is 12.1 Å². The molecule has 208 valence electrons. The molecule has 4 rings (SSSR count). The van der Waals surface area contributed by atoms with Crippen molar-refractivity contribution in [2.24, 2.45) is 5.10 Å². The van der Waals surface area contributed by atoms with Crippen LogP contribution in [0.15, 0.2) is 86.0 Å². The van der Waals surface area contributed by atoms with Crippen LogP contribution in [0.3, 0.4) is 0 Å². The fourth-order valence-electron chi connectivity index (χ4n) is 3.91. The molecule has 14 heteroatoms. The number of nitrogens with zero attached hydrogens (tertiary/aromatic N) is 3. The van der Waals surface area contributed by atoms with Crippen LogP contribution in [0.4, 0.5) is 11.4 Å². The second kappa shape index (κ2) is 10.2. The lowest BCUT2D eigenvalue weighted by atomic mass is 10.1. The van der Waals surface area contributed by atoms with Crippen LogP contribution in [-0.4, -0.2) is 63.3 Å². The van der Waals surface area contributed by atoms with E-state index in [0.717, 1.165) is 42.1 Å². The number of carboxylic acids is 1. The van der Waals surface area contributed by atoms with Crippen molar-refractivity contribution in [2.75, 3.05) is 24.0 Å². The number of phenols is 1. The van der Waals surface area contributed by atoms with Gasteiger partial charge in [0.2, 0.25) is 9.84 Å². The normalized spacial score (nSPS) is 14.9. The van der Waals surface area contributed by atoms with Gasteiger partial charge < -0.3 is 19.7 Å². The highest BCUT2D eigenvalue weighted by molar-refractivity contribution is 7.91. The van der Waals surface area contributed by atoms with E-state index in [2.05, 4.69) is 5.10 Å². The molecule has 0 radical (unpaired) electrons. The molecule has 0 fully saturated rings. The fourth-order valence-corrected chi connectivity index (χ4v) is 5.84. The van der Waals surface area contributed by atoms with Gasteiger partial charge in [-0.05, 0) is 67.1 Å². The average molecular weight is 585 g/mol. The summed E-state index contributed by atoms with van der Waals surface area (Å²) < 4.78 is 62.5. The van der Waals surface area contributed by atoms with Crippen LogP contribution in [-0.2, 0) is 24.7 Å². The van der Waals surface area contributed by atoms with Gasteiger partial charge in [0.05, 0.1) is 31.7 Å². The van der Waals surface area contributed by atoms with Crippen molar-refractivity contribution < 1.29 is 41.2 Å². The summed E-state index contributed by atoms with van der Waals surface area (Å²) in [5.74, 6) is -3.06. The molecule has 0 saturated heterocycles. The summed E-state index contributed by atoms with van der Waals surface area (Å²) in [5, 5.41) is 23.9. The number of hydrogen-bond donors (Lipinski definition) is 2. The highest BCUT2D eigenvalue weighted by Crippen LogP contribution is 2.36. The molecule has 0 atom stereocenters. The van der Waals surface area contributed by atoms with Crippen LogP contribution in [0.25, 0.3) is 6.08 Å². The van der Waals surface area contributed by atoms with Gasteiger partial charge in [-0.2, -0.15) is 10.1 Å². The van der Waals surface area contributed by atoms with E-state index >= 15 is 0 Å².